The number of nitrogens with zero attached hydrogens (tertiary/aromatic N) is 2. The van der Waals surface area contributed by atoms with Gasteiger partial charge in [-0.1, -0.05) is 13.8 Å². The molecule has 0 aliphatic rings. The van der Waals surface area contributed by atoms with Gasteiger partial charge in [-0.3, -0.25) is 4.68 Å². The van der Waals surface area contributed by atoms with Crippen LogP contribution in [0.1, 0.15) is 40.0 Å². The Morgan fingerprint density at radius 1 is 1.50 bits per heavy atom. The number of aliphatic hydroxyl groups excluding tert-OH is 1. The third-order valence-electron chi connectivity index (χ3n) is 3.32. The summed E-state index contributed by atoms with van der Waals surface area (Å²) in [5.74, 6) is -0.00611. The molecule has 0 aliphatic carbocycles. The van der Waals surface area contributed by atoms with Crippen molar-refractivity contribution < 1.29 is 13.5 Å². The molecule has 0 amide bonds. The molecule has 0 saturated heterocycles. The van der Waals surface area contributed by atoms with Crippen molar-refractivity contribution in [3.8, 4) is 0 Å². The highest BCUT2D eigenvalue weighted by Crippen LogP contribution is 2.22. The van der Waals surface area contributed by atoms with Gasteiger partial charge in [0.2, 0.25) is 10.0 Å². The first-order chi connectivity index (χ1) is 9.28. The summed E-state index contributed by atoms with van der Waals surface area (Å²) in [7, 11) is -3.75. The van der Waals surface area contributed by atoms with E-state index in [4.69, 9.17) is 10.8 Å². The Labute approximate surface area is 120 Å². The van der Waals surface area contributed by atoms with Crippen LogP contribution in [0.5, 0.6) is 0 Å². The normalized spacial score (nSPS) is 15.2. The average Bonchev–Trinajstić information content (AvgIpc) is 2.71. The molecule has 0 aromatic carbocycles. The molecule has 116 valence electrons. The maximum atomic E-state index is 12.4. The Kier molecular flexibility index (Phi) is 5.55. The SMILES string of the molecule is CCCn1cc(S(=O)(=O)NC(C)(CC)CCO)c(N)n1. The highest BCUT2D eigenvalue weighted by molar-refractivity contribution is 7.89. The van der Waals surface area contributed by atoms with E-state index in [9.17, 15) is 8.42 Å². The third kappa shape index (κ3) is 3.94. The van der Waals surface area contributed by atoms with E-state index >= 15 is 0 Å². The molecule has 7 nitrogen and oxygen atoms in total. The lowest BCUT2D eigenvalue weighted by atomic mass is 9.97. The Balaban J connectivity index is 3.04. The van der Waals surface area contributed by atoms with Crippen molar-refractivity contribution in [3.05, 3.63) is 6.20 Å². The minimum Gasteiger partial charge on any atom is -0.396 e. The highest BCUT2D eigenvalue weighted by atomic mass is 32.2. The van der Waals surface area contributed by atoms with Crippen LogP contribution >= 0.6 is 0 Å². The maximum absolute atomic E-state index is 12.4. The van der Waals surface area contributed by atoms with Gasteiger partial charge in [0.1, 0.15) is 4.90 Å². The Morgan fingerprint density at radius 3 is 2.65 bits per heavy atom. The second-order valence-corrected chi connectivity index (χ2v) is 6.79. The van der Waals surface area contributed by atoms with E-state index in [1.807, 2.05) is 13.8 Å². The first kappa shape index (κ1) is 16.9. The summed E-state index contributed by atoms with van der Waals surface area (Å²) in [5, 5.41) is 13.0. The van der Waals surface area contributed by atoms with Gasteiger partial charge >= 0.3 is 0 Å². The maximum Gasteiger partial charge on any atom is 0.246 e. The van der Waals surface area contributed by atoms with Gasteiger partial charge in [-0.15, -0.1) is 0 Å². The van der Waals surface area contributed by atoms with E-state index in [0.29, 0.717) is 19.4 Å². The van der Waals surface area contributed by atoms with Crippen LogP contribution in [0.2, 0.25) is 0 Å². The molecule has 1 aromatic heterocycles. The number of nitrogens with two attached hydrogens (primary N) is 1. The lowest BCUT2D eigenvalue weighted by molar-refractivity contribution is 0.233. The van der Waals surface area contributed by atoms with Gasteiger partial charge in [0.15, 0.2) is 5.82 Å². The van der Waals surface area contributed by atoms with Crippen LogP contribution in [0, 0.1) is 0 Å². The minimum atomic E-state index is -3.75. The van der Waals surface area contributed by atoms with E-state index < -0.39 is 15.6 Å². The summed E-state index contributed by atoms with van der Waals surface area (Å²) in [5.41, 5.74) is 4.99. The monoisotopic (exact) mass is 304 g/mol. The summed E-state index contributed by atoms with van der Waals surface area (Å²) in [6, 6.07) is 0. The van der Waals surface area contributed by atoms with Gasteiger partial charge in [-0.2, -0.15) is 5.10 Å². The quantitative estimate of drug-likeness (QED) is 0.655. The van der Waals surface area contributed by atoms with Crippen LogP contribution in [0.15, 0.2) is 11.1 Å². The van der Waals surface area contributed by atoms with E-state index in [2.05, 4.69) is 9.82 Å². The fraction of sp³-hybridized carbons (Fsp3) is 0.750. The number of aliphatic hydroxyl groups is 1. The van der Waals surface area contributed by atoms with Crippen LogP contribution < -0.4 is 10.5 Å². The van der Waals surface area contributed by atoms with Crippen molar-refractivity contribution in [2.24, 2.45) is 0 Å². The van der Waals surface area contributed by atoms with Gasteiger partial charge in [0.25, 0.3) is 0 Å². The zero-order valence-electron chi connectivity index (χ0n) is 12.3. The van der Waals surface area contributed by atoms with Crippen LogP contribution in [0.25, 0.3) is 0 Å². The summed E-state index contributed by atoms with van der Waals surface area (Å²) >= 11 is 0. The Morgan fingerprint density at radius 2 is 2.15 bits per heavy atom. The number of nitrogens with one attached hydrogen (secondary N) is 1. The van der Waals surface area contributed by atoms with Crippen LogP contribution in [-0.2, 0) is 16.6 Å². The first-order valence-electron chi connectivity index (χ1n) is 6.75. The molecule has 0 fully saturated rings. The van der Waals surface area contributed by atoms with Gasteiger partial charge < -0.3 is 10.8 Å². The van der Waals surface area contributed by atoms with Gasteiger partial charge in [0, 0.05) is 24.9 Å². The van der Waals surface area contributed by atoms with Gasteiger partial charge in [0.05, 0.1) is 0 Å². The molecule has 1 atom stereocenters. The van der Waals surface area contributed by atoms with Crippen molar-refractivity contribution in [3.63, 3.8) is 0 Å². The number of aryl methyl sites for hydroxylation is 1. The average molecular weight is 304 g/mol. The number of rotatable bonds is 8. The zero-order chi connectivity index (χ0) is 15.4. The molecule has 8 heteroatoms. The molecule has 0 spiro atoms. The topological polar surface area (TPSA) is 110 Å². The van der Waals surface area contributed by atoms with Gasteiger partial charge in [-0.05, 0) is 26.2 Å². The second kappa shape index (κ2) is 6.55. The van der Waals surface area contributed by atoms with Crippen molar-refractivity contribution in [2.45, 2.75) is 57.0 Å². The summed E-state index contributed by atoms with van der Waals surface area (Å²) in [6.07, 6.45) is 3.18. The number of aromatic nitrogens is 2. The molecule has 0 radical (unpaired) electrons. The molecule has 0 saturated carbocycles. The molecule has 1 unspecified atom stereocenters. The smallest absolute Gasteiger partial charge is 0.246 e. The molecule has 0 aliphatic heterocycles. The third-order valence-corrected chi connectivity index (χ3v) is 4.98. The number of nitrogen functional groups attached to an aromatic ring is 1. The molecular formula is C12H24N4O3S. The van der Waals surface area contributed by atoms with Crippen molar-refractivity contribution >= 4 is 15.8 Å². The van der Waals surface area contributed by atoms with Crippen molar-refractivity contribution in [2.75, 3.05) is 12.3 Å². The van der Waals surface area contributed by atoms with Crippen LogP contribution in [0.4, 0.5) is 5.82 Å². The molecule has 1 rings (SSSR count). The molecule has 1 heterocycles. The second-order valence-electron chi connectivity index (χ2n) is 5.13. The van der Waals surface area contributed by atoms with E-state index in [-0.39, 0.29) is 17.3 Å². The number of hydrogen-bond donors (Lipinski definition) is 3. The Hall–Kier alpha value is -1.12. The first-order valence-corrected chi connectivity index (χ1v) is 8.24. The largest absolute Gasteiger partial charge is 0.396 e. The van der Waals surface area contributed by atoms with E-state index in [1.54, 1.807) is 6.92 Å². The standard InChI is InChI=1S/C12H24N4O3S/c1-4-7-16-9-10(11(13)14-16)20(18,19)15-12(3,5-2)6-8-17/h9,15,17H,4-8H2,1-3H3,(H2,13,14). The molecule has 0 bridgehead atoms. The molecular weight excluding hydrogens is 280 g/mol. The highest BCUT2D eigenvalue weighted by Gasteiger charge is 2.31. The Bertz CT molecular complexity index is 541. The van der Waals surface area contributed by atoms with Crippen LogP contribution in [0.3, 0.4) is 0 Å². The summed E-state index contributed by atoms with van der Waals surface area (Å²) < 4.78 is 28.9. The number of sulfonamides is 1. The number of anilines is 1. The summed E-state index contributed by atoms with van der Waals surface area (Å²) in [6.45, 7) is 6.12. The van der Waals surface area contributed by atoms with E-state index in [0.717, 1.165) is 6.42 Å². The van der Waals surface area contributed by atoms with Gasteiger partial charge in [-0.25, -0.2) is 13.1 Å². The summed E-state index contributed by atoms with van der Waals surface area (Å²) in [4.78, 5) is -0.0106. The van der Waals surface area contributed by atoms with E-state index in [1.165, 1.54) is 10.9 Å². The molecule has 1 aromatic rings. The lowest BCUT2D eigenvalue weighted by Gasteiger charge is -2.28. The molecule has 20 heavy (non-hydrogen) atoms. The van der Waals surface area contributed by atoms with Crippen LogP contribution in [-0.4, -0.2) is 35.5 Å². The zero-order valence-corrected chi connectivity index (χ0v) is 13.1. The van der Waals surface area contributed by atoms with Crippen molar-refractivity contribution in [1.29, 1.82) is 0 Å². The lowest BCUT2D eigenvalue weighted by Crippen LogP contribution is -2.46. The molecule has 4 N–H and O–H groups in total. The fourth-order valence-corrected chi connectivity index (χ4v) is 3.48. The predicted molar refractivity (Wildman–Crippen MR) is 77.7 cm³/mol. The fourth-order valence-electron chi connectivity index (χ4n) is 1.89. The minimum absolute atomic E-state index is 0.00611. The number of hydrogen-bond acceptors (Lipinski definition) is 5. The van der Waals surface area contributed by atoms with Crippen molar-refractivity contribution in [1.82, 2.24) is 14.5 Å². The predicted octanol–water partition coefficient (Wildman–Crippen LogP) is 0.705.